The van der Waals surface area contributed by atoms with Crippen LogP contribution in [0.4, 0.5) is 4.39 Å². The van der Waals surface area contributed by atoms with Gasteiger partial charge in [-0.2, -0.15) is 0 Å². The van der Waals surface area contributed by atoms with E-state index in [9.17, 15) is 4.39 Å². The summed E-state index contributed by atoms with van der Waals surface area (Å²) in [5, 5.41) is 0. The Kier molecular flexibility index (Phi) is 4.30. The molecule has 1 fully saturated rings. The minimum atomic E-state index is -0.251. The van der Waals surface area contributed by atoms with Crippen LogP contribution in [0.5, 0.6) is 11.5 Å². The first-order chi connectivity index (χ1) is 9.10. The Balaban J connectivity index is 2.14. The van der Waals surface area contributed by atoms with E-state index in [0.717, 1.165) is 12.8 Å². The topological polar surface area (TPSA) is 31.0 Å². The van der Waals surface area contributed by atoms with Gasteiger partial charge in [0, 0.05) is 6.07 Å². The maximum absolute atomic E-state index is 14.1. The third-order valence-electron chi connectivity index (χ3n) is 3.71. The molecule has 1 saturated heterocycles. The van der Waals surface area contributed by atoms with Gasteiger partial charge in [-0.15, -0.1) is 0 Å². The van der Waals surface area contributed by atoms with Crippen molar-refractivity contribution in [3.8, 4) is 11.5 Å². The lowest BCUT2D eigenvalue weighted by atomic mass is 9.94. The molecule has 3 unspecified atom stereocenters. The lowest BCUT2D eigenvalue weighted by Gasteiger charge is -2.15. The largest absolute Gasteiger partial charge is 0.493 e. The zero-order valence-corrected chi connectivity index (χ0v) is 11.9. The molecule has 0 N–H and O–H groups in total. The van der Waals surface area contributed by atoms with Gasteiger partial charge in [-0.1, -0.05) is 13.8 Å². The van der Waals surface area contributed by atoms with Crippen molar-refractivity contribution in [3.63, 3.8) is 0 Å². The molecule has 0 spiro atoms. The summed E-state index contributed by atoms with van der Waals surface area (Å²) >= 11 is 0. The molecule has 0 bridgehead atoms. The van der Waals surface area contributed by atoms with Gasteiger partial charge in [0.2, 0.25) is 0 Å². The van der Waals surface area contributed by atoms with Crippen LogP contribution in [0, 0.1) is 5.82 Å². The molecule has 19 heavy (non-hydrogen) atoms. The van der Waals surface area contributed by atoms with Gasteiger partial charge in [0.25, 0.3) is 0 Å². The van der Waals surface area contributed by atoms with Crippen molar-refractivity contribution < 1.29 is 18.6 Å². The first kappa shape index (κ1) is 14.1. The second-order valence-electron chi connectivity index (χ2n) is 4.99. The summed E-state index contributed by atoms with van der Waals surface area (Å²) in [4.78, 5) is 0. The zero-order chi connectivity index (χ0) is 14.0. The number of benzene rings is 1. The minimum Gasteiger partial charge on any atom is -0.493 e. The summed E-state index contributed by atoms with van der Waals surface area (Å²) in [5.41, 5.74) is 0.656. The second-order valence-corrected chi connectivity index (χ2v) is 4.99. The van der Waals surface area contributed by atoms with Gasteiger partial charge >= 0.3 is 0 Å². The van der Waals surface area contributed by atoms with Crippen molar-refractivity contribution in [1.29, 1.82) is 0 Å². The molecule has 106 valence electrons. The SMILES string of the molecule is CCC1OC1CC(C)c1cc(OC)c(OC)cc1F. The summed E-state index contributed by atoms with van der Waals surface area (Å²) in [6, 6.07) is 3.11. The standard InChI is InChI=1S/C15H21FO3/c1-5-12-15(19-12)6-9(2)10-7-13(17-3)14(18-4)8-11(10)16/h7-9,12,15H,5-6H2,1-4H3. The van der Waals surface area contributed by atoms with E-state index in [1.54, 1.807) is 13.2 Å². The van der Waals surface area contributed by atoms with Crippen molar-refractivity contribution in [3.05, 3.63) is 23.5 Å². The number of halogens is 1. The van der Waals surface area contributed by atoms with Crippen molar-refractivity contribution >= 4 is 0 Å². The molecule has 1 aliphatic heterocycles. The molecular formula is C15H21FO3. The molecule has 1 aromatic rings. The first-order valence-corrected chi connectivity index (χ1v) is 6.67. The molecule has 3 atom stereocenters. The van der Waals surface area contributed by atoms with E-state index in [1.165, 1.54) is 13.2 Å². The van der Waals surface area contributed by atoms with Crippen LogP contribution in [-0.4, -0.2) is 26.4 Å². The fourth-order valence-electron chi connectivity index (χ4n) is 2.47. The molecule has 1 heterocycles. The fraction of sp³-hybridized carbons (Fsp3) is 0.600. The molecule has 0 saturated carbocycles. The van der Waals surface area contributed by atoms with Gasteiger partial charge in [-0.25, -0.2) is 4.39 Å². The van der Waals surface area contributed by atoms with E-state index in [2.05, 4.69) is 6.92 Å². The second kappa shape index (κ2) is 5.78. The summed E-state index contributed by atoms with van der Waals surface area (Å²) < 4.78 is 29.9. The Labute approximate surface area is 113 Å². The predicted molar refractivity (Wildman–Crippen MR) is 71.5 cm³/mol. The number of hydrogen-bond donors (Lipinski definition) is 0. The smallest absolute Gasteiger partial charge is 0.163 e. The third-order valence-corrected chi connectivity index (χ3v) is 3.71. The van der Waals surface area contributed by atoms with Crippen LogP contribution in [0.15, 0.2) is 12.1 Å². The van der Waals surface area contributed by atoms with Crippen LogP contribution in [0.1, 0.15) is 38.2 Å². The van der Waals surface area contributed by atoms with Crippen LogP contribution in [0.25, 0.3) is 0 Å². The zero-order valence-electron chi connectivity index (χ0n) is 11.9. The van der Waals surface area contributed by atoms with E-state index in [0.29, 0.717) is 23.2 Å². The van der Waals surface area contributed by atoms with Gasteiger partial charge in [-0.3, -0.25) is 0 Å². The lowest BCUT2D eigenvalue weighted by molar-refractivity contribution is 0.345. The Morgan fingerprint density at radius 1 is 1.21 bits per heavy atom. The van der Waals surface area contributed by atoms with Crippen molar-refractivity contribution in [2.75, 3.05) is 14.2 Å². The Hall–Kier alpha value is -1.29. The summed E-state index contributed by atoms with van der Waals surface area (Å²) in [6.07, 6.45) is 2.48. The molecule has 0 aromatic heterocycles. The van der Waals surface area contributed by atoms with Crippen LogP contribution in [0.3, 0.4) is 0 Å². The summed E-state index contributed by atoms with van der Waals surface area (Å²) in [5.74, 6) is 0.833. The lowest BCUT2D eigenvalue weighted by Crippen LogP contribution is -2.04. The number of ether oxygens (including phenoxy) is 3. The van der Waals surface area contributed by atoms with Gasteiger partial charge < -0.3 is 14.2 Å². The molecular weight excluding hydrogens is 247 g/mol. The number of rotatable bonds is 6. The number of hydrogen-bond acceptors (Lipinski definition) is 3. The van der Waals surface area contributed by atoms with Gasteiger partial charge in [0.1, 0.15) is 5.82 Å². The number of methoxy groups -OCH3 is 2. The average molecular weight is 268 g/mol. The van der Waals surface area contributed by atoms with Crippen LogP contribution in [0.2, 0.25) is 0 Å². The predicted octanol–water partition coefficient (Wildman–Crippen LogP) is 3.51. The van der Waals surface area contributed by atoms with Gasteiger partial charge in [0.15, 0.2) is 11.5 Å². The average Bonchev–Trinajstić information content (AvgIpc) is 3.16. The maximum Gasteiger partial charge on any atom is 0.163 e. The monoisotopic (exact) mass is 268 g/mol. The van der Waals surface area contributed by atoms with Crippen LogP contribution < -0.4 is 9.47 Å². The van der Waals surface area contributed by atoms with E-state index < -0.39 is 0 Å². The van der Waals surface area contributed by atoms with Crippen LogP contribution >= 0.6 is 0 Å². The van der Waals surface area contributed by atoms with E-state index in [-0.39, 0.29) is 17.8 Å². The molecule has 4 heteroatoms. The first-order valence-electron chi connectivity index (χ1n) is 6.67. The van der Waals surface area contributed by atoms with Gasteiger partial charge in [-0.05, 0) is 30.4 Å². The quantitative estimate of drug-likeness (QED) is 0.740. The minimum absolute atomic E-state index is 0.0985. The Bertz CT molecular complexity index is 447. The molecule has 3 nitrogen and oxygen atoms in total. The molecule has 1 aliphatic rings. The Morgan fingerprint density at radius 2 is 1.84 bits per heavy atom. The maximum atomic E-state index is 14.1. The van der Waals surface area contributed by atoms with E-state index >= 15 is 0 Å². The molecule has 2 rings (SSSR count). The Morgan fingerprint density at radius 3 is 2.37 bits per heavy atom. The van der Waals surface area contributed by atoms with E-state index in [1.807, 2.05) is 6.92 Å². The molecule has 1 aromatic carbocycles. The third kappa shape index (κ3) is 3.00. The highest BCUT2D eigenvalue weighted by molar-refractivity contribution is 5.44. The fourth-order valence-corrected chi connectivity index (χ4v) is 2.47. The van der Waals surface area contributed by atoms with Gasteiger partial charge in [0.05, 0.1) is 26.4 Å². The van der Waals surface area contributed by atoms with Crippen molar-refractivity contribution in [2.45, 2.75) is 44.8 Å². The van der Waals surface area contributed by atoms with Crippen molar-refractivity contribution in [2.24, 2.45) is 0 Å². The summed E-state index contributed by atoms with van der Waals surface area (Å²) in [7, 11) is 3.06. The molecule has 0 radical (unpaired) electrons. The van der Waals surface area contributed by atoms with Crippen LogP contribution in [-0.2, 0) is 4.74 Å². The highest BCUT2D eigenvalue weighted by atomic mass is 19.1. The highest BCUT2D eigenvalue weighted by Gasteiger charge is 2.38. The molecule has 0 aliphatic carbocycles. The molecule has 0 amide bonds. The van der Waals surface area contributed by atoms with Crippen molar-refractivity contribution in [1.82, 2.24) is 0 Å². The van der Waals surface area contributed by atoms with E-state index in [4.69, 9.17) is 14.2 Å². The normalized spacial score (nSPS) is 23.0. The number of epoxide rings is 1. The highest BCUT2D eigenvalue weighted by Crippen LogP contribution is 2.38. The summed E-state index contributed by atoms with van der Waals surface area (Å²) in [6.45, 7) is 4.12.